The van der Waals surface area contributed by atoms with Gasteiger partial charge in [-0.25, -0.2) is 0 Å². The normalized spacial score (nSPS) is 11.1. The molecule has 0 atom stereocenters. The highest BCUT2D eigenvalue weighted by Gasteiger charge is 2.11. The lowest BCUT2D eigenvalue weighted by atomic mass is 10.1. The topological polar surface area (TPSA) is 71.3 Å². The number of nitrogens with zero attached hydrogens (tertiary/aromatic N) is 1. The van der Waals surface area contributed by atoms with E-state index in [4.69, 9.17) is 9.47 Å². The number of carbonyl (C=O) groups excluding carboxylic acids is 1. The Bertz CT molecular complexity index is 1430. The number of anilines is 1. The molecular weight excluding hydrogens is 551 g/mol. The van der Waals surface area contributed by atoms with Gasteiger partial charge < -0.3 is 14.8 Å². The van der Waals surface area contributed by atoms with Crippen LogP contribution in [0.1, 0.15) is 18.1 Å². The number of halogens is 1. The largest absolute Gasteiger partial charge is 0.494 e. The van der Waals surface area contributed by atoms with Crippen molar-refractivity contribution in [3.8, 4) is 17.6 Å². The van der Waals surface area contributed by atoms with Crippen LogP contribution in [0, 0.1) is 14.9 Å². The van der Waals surface area contributed by atoms with Crippen molar-refractivity contribution in [2.24, 2.45) is 0 Å². The van der Waals surface area contributed by atoms with Crippen molar-refractivity contribution in [3.05, 3.63) is 105 Å². The Morgan fingerprint density at radius 1 is 1.00 bits per heavy atom. The number of carbonyl (C=O) groups is 1. The van der Waals surface area contributed by atoms with Crippen LogP contribution in [-0.4, -0.2) is 12.5 Å². The summed E-state index contributed by atoms with van der Waals surface area (Å²) in [7, 11) is 0. The summed E-state index contributed by atoms with van der Waals surface area (Å²) in [5, 5.41) is 14.7. The van der Waals surface area contributed by atoms with Crippen LogP contribution in [0.5, 0.6) is 11.5 Å². The van der Waals surface area contributed by atoms with Crippen molar-refractivity contribution < 1.29 is 14.3 Å². The molecule has 0 spiro atoms. The molecule has 0 aliphatic carbocycles. The lowest BCUT2D eigenvalue weighted by Gasteiger charge is -2.11. The number of nitrogens with one attached hydrogen (secondary N) is 1. The maximum absolute atomic E-state index is 12.7. The van der Waals surface area contributed by atoms with Gasteiger partial charge in [0.2, 0.25) is 0 Å². The first kappa shape index (κ1) is 24.3. The van der Waals surface area contributed by atoms with Gasteiger partial charge in [0.15, 0.2) is 0 Å². The lowest BCUT2D eigenvalue weighted by molar-refractivity contribution is -0.112. The zero-order valence-electron chi connectivity index (χ0n) is 19.1. The van der Waals surface area contributed by atoms with Crippen LogP contribution < -0.4 is 14.8 Å². The van der Waals surface area contributed by atoms with Crippen LogP contribution in [-0.2, 0) is 11.4 Å². The van der Waals surface area contributed by atoms with Gasteiger partial charge in [0.05, 0.1) is 10.2 Å². The maximum Gasteiger partial charge on any atom is 0.266 e. The number of amides is 1. The Balaban J connectivity index is 1.46. The lowest BCUT2D eigenvalue weighted by Crippen LogP contribution is -2.13. The Labute approximate surface area is 218 Å². The minimum absolute atomic E-state index is 0.00652. The summed E-state index contributed by atoms with van der Waals surface area (Å²) >= 11 is 2.20. The molecule has 4 rings (SSSR count). The highest BCUT2D eigenvalue weighted by Crippen LogP contribution is 2.26. The van der Waals surface area contributed by atoms with Crippen molar-refractivity contribution in [2.75, 3.05) is 11.9 Å². The van der Waals surface area contributed by atoms with Gasteiger partial charge in [-0.15, -0.1) is 0 Å². The quantitative estimate of drug-likeness (QED) is 0.140. The van der Waals surface area contributed by atoms with Crippen LogP contribution >= 0.6 is 22.6 Å². The van der Waals surface area contributed by atoms with E-state index in [0.717, 1.165) is 20.4 Å². The Kier molecular flexibility index (Phi) is 8.01. The average Bonchev–Trinajstić information content (AvgIpc) is 2.87. The third-order valence-electron chi connectivity index (χ3n) is 5.30. The monoisotopic (exact) mass is 574 g/mol. The Morgan fingerprint density at radius 3 is 2.60 bits per heavy atom. The summed E-state index contributed by atoms with van der Waals surface area (Å²) in [4.78, 5) is 12.7. The molecular formula is C29H23IN2O3. The Hall–Kier alpha value is -3.83. The van der Waals surface area contributed by atoms with E-state index in [-0.39, 0.29) is 5.57 Å². The van der Waals surface area contributed by atoms with Gasteiger partial charge in [0.25, 0.3) is 5.91 Å². The molecule has 1 amide bonds. The summed E-state index contributed by atoms with van der Waals surface area (Å²) in [6, 6.07) is 29.0. The number of fused-ring (bicyclic) bond motifs is 1. The summed E-state index contributed by atoms with van der Waals surface area (Å²) in [5.74, 6) is 0.917. The minimum atomic E-state index is -0.479. The van der Waals surface area contributed by atoms with E-state index >= 15 is 0 Å². The second kappa shape index (κ2) is 11.5. The van der Waals surface area contributed by atoms with Gasteiger partial charge in [-0.05, 0) is 81.8 Å². The molecule has 174 valence electrons. The van der Waals surface area contributed by atoms with Gasteiger partial charge >= 0.3 is 0 Å². The zero-order valence-corrected chi connectivity index (χ0v) is 21.3. The fraction of sp³-hybridized carbons (Fsp3) is 0.103. The Morgan fingerprint density at radius 2 is 1.80 bits per heavy atom. The highest BCUT2D eigenvalue weighted by molar-refractivity contribution is 14.1. The molecule has 4 aromatic rings. The van der Waals surface area contributed by atoms with Crippen molar-refractivity contribution >= 4 is 51.0 Å². The molecule has 0 unspecified atom stereocenters. The molecule has 0 bridgehead atoms. The average molecular weight is 574 g/mol. The molecule has 35 heavy (non-hydrogen) atoms. The van der Waals surface area contributed by atoms with Crippen LogP contribution in [0.25, 0.3) is 16.8 Å². The maximum atomic E-state index is 12.7. The number of ether oxygens (including phenoxy) is 2. The number of hydrogen-bond donors (Lipinski definition) is 1. The molecule has 4 aromatic carbocycles. The summed E-state index contributed by atoms with van der Waals surface area (Å²) in [6.45, 7) is 2.86. The zero-order chi connectivity index (χ0) is 24.6. The van der Waals surface area contributed by atoms with E-state index in [0.29, 0.717) is 24.7 Å². The van der Waals surface area contributed by atoms with E-state index < -0.39 is 5.91 Å². The molecule has 1 N–H and O–H groups in total. The summed E-state index contributed by atoms with van der Waals surface area (Å²) in [6.07, 6.45) is 1.57. The molecule has 0 heterocycles. The highest BCUT2D eigenvalue weighted by atomic mass is 127. The summed E-state index contributed by atoms with van der Waals surface area (Å²) < 4.78 is 12.4. The second-order valence-electron chi connectivity index (χ2n) is 7.70. The van der Waals surface area contributed by atoms with Gasteiger partial charge in [0, 0.05) is 11.8 Å². The van der Waals surface area contributed by atoms with E-state index in [2.05, 4.69) is 52.2 Å². The predicted octanol–water partition coefficient (Wildman–Crippen LogP) is 6.97. The van der Waals surface area contributed by atoms with Crippen LogP contribution in [0.4, 0.5) is 5.69 Å². The number of rotatable bonds is 8. The smallest absolute Gasteiger partial charge is 0.266 e. The third-order valence-corrected chi connectivity index (χ3v) is 6.14. The first-order chi connectivity index (χ1) is 17.1. The molecule has 0 aliphatic heterocycles. The third kappa shape index (κ3) is 6.19. The van der Waals surface area contributed by atoms with Gasteiger partial charge in [-0.1, -0.05) is 54.6 Å². The number of nitriles is 1. The van der Waals surface area contributed by atoms with E-state index in [1.54, 1.807) is 24.3 Å². The molecule has 0 saturated carbocycles. The predicted molar refractivity (Wildman–Crippen MR) is 147 cm³/mol. The SMILES string of the molecule is CCOc1cccc(NC(=O)/C(C#N)=C\c2ccc(OCc3cccc4ccccc34)c(I)c2)c1. The second-order valence-corrected chi connectivity index (χ2v) is 8.86. The summed E-state index contributed by atoms with van der Waals surface area (Å²) in [5.41, 5.74) is 2.42. The van der Waals surface area contributed by atoms with E-state index in [1.807, 2.05) is 55.5 Å². The van der Waals surface area contributed by atoms with Gasteiger partial charge in [0.1, 0.15) is 29.7 Å². The molecule has 0 saturated heterocycles. The first-order valence-corrected chi connectivity index (χ1v) is 12.2. The van der Waals surface area contributed by atoms with E-state index in [9.17, 15) is 10.1 Å². The number of hydrogen-bond acceptors (Lipinski definition) is 4. The molecule has 5 nitrogen and oxygen atoms in total. The molecule has 6 heteroatoms. The van der Waals surface area contributed by atoms with Crippen LogP contribution in [0.3, 0.4) is 0 Å². The van der Waals surface area contributed by atoms with Crippen molar-refractivity contribution in [2.45, 2.75) is 13.5 Å². The fourth-order valence-corrected chi connectivity index (χ4v) is 4.34. The van der Waals surface area contributed by atoms with Crippen LogP contribution in [0.15, 0.2) is 90.5 Å². The standard InChI is InChI=1S/C29H23IN2O3/c1-2-34-25-11-6-10-24(17-25)32-29(33)23(18-31)15-20-13-14-28(27(30)16-20)35-19-22-9-5-8-21-7-3-4-12-26(21)22/h3-17H,2,19H2,1H3,(H,32,33)/b23-15-. The van der Waals surface area contributed by atoms with Crippen molar-refractivity contribution in [3.63, 3.8) is 0 Å². The van der Waals surface area contributed by atoms with Crippen molar-refractivity contribution in [1.82, 2.24) is 0 Å². The number of benzene rings is 4. The molecule has 0 aliphatic rings. The fourth-order valence-electron chi connectivity index (χ4n) is 3.64. The van der Waals surface area contributed by atoms with Crippen LogP contribution in [0.2, 0.25) is 0 Å². The van der Waals surface area contributed by atoms with Crippen molar-refractivity contribution in [1.29, 1.82) is 5.26 Å². The molecule has 0 radical (unpaired) electrons. The van der Waals surface area contributed by atoms with Gasteiger partial charge in [-0.3, -0.25) is 4.79 Å². The van der Waals surface area contributed by atoms with E-state index in [1.165, 1.54) is 10.8 Å². The first-order valence-electron chi connectivity index (χ1n) is 11.1. The molecule has 0 aromatic heterocycles. The minimum Gasteiger partial charge on any atom is -0.494 e. The molecule has 0 fully saturated rings. The van der Waals surface area contributed by atoms with Gasteiger partial charge in [-0.2, -0.15) is 5.26 Å².